The molecule has 1 N–H and O–H groups in total. The first-order valence-electron chi connectivity index (χ1n) is 7.39. The summed E-state index contributed by atoms with van der Waals surface area (Å²) in [6, 6.07) is 9.23. The van der Waals surface area contributed by atoms with Gasteiger partial charge in [0.25, 0.3) is 5.91 Å². The molecule has 1 amide bonds. The van der Waals surface area contributed by atoms with E-state index in [1.165, 1.54) is 0 Å². The first-order valence-corrected chi connectivity index (χ1v) is 8.27. The van der Waals surface area contributed by atoms with Crippen LogP contribution in [0, 0.1) is 0 Å². The van der Waals surface area contributed by atoms with Crippen molar-refractivity contribution in [3.63, 3.8) is 0 Å². The Bertz CT molecular complexity index is 610. The van der Waals surface area contributed by atoms with Crippen molar-refractivity contribution in [2.75, 3.05) is 13.2 Å². The summed E-state index contributed by atoms with van der Waals surface area (Å²) in [5.41, 5.74) is 0.565. The van der Waals surface area contributed by atoms with Gasteiger partial charge in [-0.2, -0.15) is 0 Å². The maximum Gasteiger partial charge on any atom is 0.251 e. The standard InChI is InChI=1S/C17H21NO3S/c1-4-20-14-9-8-13(11-15(14)21-5-2)17(19)18-12(3)16-7-6-10-22-16/h6-12H,4-5H2,1-3H3,(H,18,19)/t12-/m0/s1. The number of ether oxygens (including phenoxy) is 2. The van der Waals surface area contributed by atoms with Crippen molar-refractivity contribution in [1.82, 2.24) is 5.32 Å². The molecule has 0 fully saturated rings. The first-order chi connectivity index (χ1) is 10.7. The molecule has 0 aliphatic carbocycles. The van der Waals surface area contributed by atoms with Crippen LogP contribution in [-0.2, 0) is 0 Å². The largest absolute Gasteiger partial charge is 0.490 e. The topological polar surface area (TPSA) is 47.6 Å². The Balaban J connectivity index is 2.13. The van der Waals surface area contributed by atoms with Gasteiger partial charge in [-0.3, -0.25) is 4.79 Å². The Morgan fingerprint density at radius 2 is 1.91 bits per heavy atom. The van der Waals surface area contributed by atoms with Crippen LogP contribution in [0.15, 0.2) is 35.7 Å². The lowest BCUT2D eigenvalue weighted by atomic mass is 10.1. The molecular weight excluding hydrogens is 298 g/mol. The molecule has 1 aromatic carbocycles. The lowest BCUT2D eigenvalue weighted by molar-refractivity contribution is 0.0940. The van der Waals surface area contributed by atoms with Crippen LogP contribution in [0.3, 0.4) is 0 Å². The zero-order valence-corrected chi connectivity index (χ0v) is 13.9. The second kappa shape index (κ2) is 7.84. The van der Waals surface area contributed by atoms with E-state index in [2.05, 4.69) is 5.32 Å². The molecule has 4 nitrogen and oxygen atoms in total. The number of hydrogen-bond acceptors (Lipinski definition) is 4. The molecule has 0 aliphatic rings. The Kier molecular flexibility index (Phi) is 5.83. The number of thiophene rings is 1. The van der Waals surface area contributed by atoms with E-state index in [1.54, 1.807) is 29.5 Å². The molecule has 22 heavy (non-hydrogen) atoms. The van der Waals surface area contributed by atoms with Gasteiger partial charge in [0.05, 0.1) is 19.3 Å². The summed E-state index contributed by atoms with van der Waals surface area (Å²) >= 11 is 1.63. The van der Waals surface area contributed by atoms with E-state index >= 15 is 0 Å². The van der Waals surface area contributed by atoms with E-state index in [-0.39, 0.29) is 11.9 Å². The van der Waals surface area contributed by atoms with Gasteiger partial charge in [-0.15, -0.1) is 11.3 Å². The highest BCUT2D eigenvalue weighted by Crippen LogP contribution is 2.29. The van der Waals surface area contributed by atoms with Crippen LogP contribution in [0.25, 0.3) is 0 Å². The Hall–Kier alpha value is -2.01. The predicted octanol–water partition coefficient (Wildman–Crippen LogP) is 4.04. The quantitative estimate of drug-likeness (QED) is 0.838. The number of rotatable bonds is 7. The fourth-order valence-corrected chi connectivity index (χ4v) is 2.82. The third-order valence-corrected chi connectivity index (χ3v) is 4.18. The zero-order valence-electron chi connectivity index (χ0n) is 13.1. The maximum atomic E-state index is 12.4. The Morgan fingerprint density at radius 1 is 1.18 bits per heavy atom. The number of amides is 1. The summed E-state index contributed by atoms with van der Waals surface area (Å²) in [4.78, 5) is 13.5. The van der Waals surface area contributed by atoms with E-state index in [9.17, 15) is 4.79 Å². The second-order valence-electron chi connectivity index (χ2n) is 4.74. The molecule has 0 radical (unpaired) electrons. The molecule has 0 spiro atoms. The normalized spacial score (nSPS) is 11.8. The highest BCUT2D eigenvalue weighted by Gasteiger charge is 2.15. The van der Waals surface area contributed by atoms with Crippen LogP contribution in [0.5, 0.6) is 11.5 Å². The van der Waals surface area contributed by atoms with Crippen molar-refractivity contribution in [3.8, 4) is 11.5 Å². The minimum absolute atomic E-state index is 0.0189. The average Bonchev–Trinajstić information content (AvgIpc) is 3.04. The summed E-state index contributed by atoms with van der Waals surface area (Å²) in [6.45, 7) is 6.87. The molecule has 2 rings (SSSR count). The molecule has 0 saturated heterocycles. The molecule has 1 atom stereocenters. The summed E-state index contributed by atoms with van der Waals surface area (Å²) in [7, 11) is 0. The predicted molar refractivity (Wildman–Crippen MR) is 89.0 cm³/mol. The van der Waals surface area contributed by atoms with Crippen LogP contribution in [0.4, 0.5) is 0 Å². The van der Waals surface area contributed by atoms with Gasteiger partial charge in [0.15, 0.2) is 11.5 Å². The number of hydrogen-bond donors (Lipinski definition) is 1. The van der Waals surface area contributed by atoms with Crippen molar-refractivity contribution in [1.29, 1.82) is 0 Å². The summed E-state index contributed by atoms with van der Waals surface area (Å²) in [6.07, 6.45) is 0. The molecule has 0 saturated carbocycles. The zero-order chi connectivity index (χ0) is 15.9. The summed E-state index contributed by atoms with van der Waals surface area (Å²) in [5.74, 6) is 1.14. The summed E-state index contributed by atoms with van der Waals surface area (Å²) in [5, 5.41) is 5.00. The van der Waals surface area contributed by atoms with Crippen LogP contribution in [-0.4, -0.2) is 19.1 Å². The van der Waals surface area contributed by atoms with Gasteiger partial charge >= 0.3 is 0 Å². The van der Waals surface area contributed by atoms with E-state index < -0.39 is 0 Å². The minimum atomic E-state index is -0.120. The van der Waals surface area contributed by atoms with Gasteiger partial charge < -0.3 is 14.8 Å². The highest BCUT2D eigenvalue weighted by molar-refractivity contribution is 7.10. The molecule has 5 heteroatoms. The highest BCUT2D eigenvalue weighted by atomic mass is 32.1. The van der Waals surface area contributed by atoms with Crippen LogP contribution >= 0.6 is 11.3 Å². The lowest BCUT2D eigenvalue weighted by Gasteiger charge is -2.15. The third-order valence-electron chi connectivity index (χ3n) is 3.12. The molecular formula is C17H21NO3S. The van der Waals surface area contributed by atoms with Crippen LogP contribution < -0.4 is 14.8 Å². The molecule has 2 aromatic rings. The van der Waals surface area contributed by atoms with Crippen molar-refractivity contribution in [3.05, 3.63) is 46.2 Å². The van der Waals surface area contributed by atoms with Crippen LogP contribution in [0.2, 0.25) is 0 Å². The van der Waals surface area contributed by atoms with Crippen LogP contribution in [0.1, 0.15) is 42.0 Å². The van der Waals surface area contributed by atoms with Crippen molar-refractivity contribution in [2.24, 2.45) is 0 Å². The van der Waals surface area contributed by atoms with Gasteiger partial charge in [0.2, 0.25) is 0 Å². The van der Waals surface area contributed by atoms with Gasteiger partial charge in [-0.25, -0.2) is 0 Å². The van der Waals surface area contributed by atoms with Gasteiger partial charge in [-0.05, 0) is 50.4 Å². The fourth-order valence-electron chi connectivity index (χ4n) is 2.08. The van der Waals surface area contributed by atoms with E-state index in [1.807, 2.05) is 38.3 Å². The first kappa shape index (κ1) is 16.4. The molecule has 0 bridgehead atoms. The number of carbonyl (C=O) groups is 1. The monoisotopic (exact) mass is 319 g/mol. The van der Waals surface area contributed by atoms with E-state index in [0.717, 1.165) is 4.88 Å². The SMILES string of the molecule is CCOc1ccc(C(=O)N[C@@H](C)c2cccs2)cc1OCC. The average molecular weight is 319 g/mol. The van der Waals surface area contributed by atoms with Crippen molar-refractivity contribution in [2.45, 2.75) is 26.8 Å². The molecule has 1 aromatic heterocycles. The Labute approximate surface area is 135 Å². The van der Waals surface area contributed by atoms with Gasteiger partial charge in [0, 0.05) is 10.4 Å². The van der Waals surface area contributed by atoms with Crippen molar-refractivity contribution >= 4 is 17.2 Å². The van der Waals surface area contributed by atoms with Gasteiger partial charge in [0.1, 0.15) is 0 Å². The number of carbonyl (C=O) groups excluding carboxylic acids is 1. The molecule has 0 unspecified atom stereocenters. The molecule has 118 valence electrons. The molecule has 0 aliphatic heterocycles. The van der Waals surface area contributed by atoms with Crippen molar-refractivity contribution < 1.29 is 14.3 Å². The smallest absolute Gasteiger partial charge is 0.251 e. The fraction of sp³-hybridized carbons (Fsp3) is 0.353. The lowest BCUT2D eigenvalue weighted by Crippen LogP contribution is -2.26. The third kappa shape index (κ3) is 4.01. The van der Waals surface area contributed by atoms with Gasteiger partial charge in [-0.1, -0.05) is 6.07 Å². The maximum absolute atomic E-state index is 12.4. The number of benzene rings is 1. The summed E-state index contributed by atoms with van der Waals surface area (Å²) < 4.78 is 11.1. The number of nitrogens with one attached hydrogen (secondary N) is 1. The molecule has 1 heterocycles. The Morgan fingerprint density at radius 3 is 2.55 bits per heavy atom. The van der Waals surface area contributed by atoms with E-state index in [4.69, 9.17) is 9.47 Å². The second-order valence-corrected chi connectivity index (χ2v) is 5.72. The van der Waals surface area contributed by atoms with E-state index in [0.29, 0.717) is 30.3 Å². The minimum Gasteiger partial charge on any atom is -0.490 e.